The Kier molecular flexibility index (Phi) is 7.07. The number of methoxy groups -OCH3 is 3. The lowest BCUT2D eigenvalue weighted by Crippen LogP contribution is -2.40. The lowest BCUT2D eigenvalue weighted by atomic mass is 9.94. The molecule has 0 unspecified atom stereocenters. The van der Waals surface area contributed by atoms with Crippen LogP contribution >= 0.6 is 0 Å². The van der Waals surface area contributed by atoms with Crippen LogP contribution in [0.5, 0.6) is 17.2 Å². The maximum Gasteiger partial charge on any atom is 0.416 e. The average Bonchev–Trinajstić information content (AvgIpc) is 2.87. The minimum atomic E-state index is -4.48. The number of nitrogens with zero attached hydrogens (tertiary/aromatic N) is 2. The first-order chi connectivity index (χ1) is 16.7. The third kappa shape index (κ3) is 5.14. The third-order valence-corrected chi connectivity index (χ3v) is 6.25. The summed E-state index contributed by atoms with van der Waals surface area (Å²) in [5.41, 5.74) is 9.04. The van der Waals surface area contributed by atoms with Crippen molar-refractivity contribution >= 4 is 5.69 Å². The molecule has 9 heteroatoms. The van der Waals surface area contributed by atoms with E-state index in [9.17, 15) is 13.2 Å². The molecule has 0 atom stereocenters. The van der Waals surface area contributed by atoms with Crippen LogP contribution in [0.2, 0.25) is 0 Å². The van der Waals surface area contributed by atoms with E-state index in [1.807, 2.05) is 12.1 Å². The Labute approximate surface area is 202 Å². The average molecular weight is 488 g/mol. The van der Waals surface area contributed by atoms with E-state index in [1.165, 1.54) is 13.2 Å². The van der Waals surface area contributed by atoms with Crippen molar-refractivity contribution in [3.8, 4) is 39.5 Å². The number of hydrogen-bond acceptors (Lipinski definition) is 6. The molecule has 0 aliphatic carbocycles. The Morgan fingerprint density at radius 3 is 2.06 bits per heavy atom. The molecule has 2 aromatic carbocycles. The lowest BCUT2D eigenvalue weighted by Gasteiger charge is -2.35. The number of halogens is 3. The van der Waals surface area contributed by atoms with Crippen molar-refractivity contribution in [1.29, 1.82) is 0 Å². The molecule has 1 aromatic heterocycles. The van der Waals surface area contributed by atoms with Crippen molar-refractivity contribution in [2.75, 3.05) is 39.3 Å². The van der Waals surface area contributed by atoms with Gasteiger partial charge in [0, 0.05) is 54.3 Å². The monoisotopic (exact) mass is 487 g/mol. The molecule has 1 aliphatic rings. The summed E-state index contributed by atoms with van der Waals surface area (Å²) in [6.07, 6.45) is 0.530. The zero-order valence-corrected chi connectivity index (χ0v) is 19.9. The lowest BCUT2D eigenvalue weighted by molar-refractivity contribution is -0.137. The number of pyridine rings is 1. The Balaban J connectivity index is 1.95. The molecule has 4 rings (SSSR count). The molecule has 0 saturated carbocycles. The van der Waals surface area contributed by atoms with E-state index in [2.05, 4.69) is 9.88 Å². The molecule has 6 nitrogen and oxygen atoms in total. The molecular weight excluding hydrogens is 459 g/mol. The van der Waals surface area contributed by atoms with Crippen molar-refractivity contribution < 1.29 is 27.4 Å². The minimum Gasteiger partial charge on any atom is -0.497 e. The quantitative estimate of drug-likeness (QED) is 0.503. The van der Waals surface area contributed by atoms with Gasteiger partial charge in [0.1, 0.15) is 17.2 Å². The largest absolute Gasteiger partial charge is 0.497 e. The van der Waals surface area contributed by atoms with Crippen LogP contribution < -0.4 is 24.8 Å². The SMILES string of the molecule is COc1cc(OC)cc(-c2cncc(-c3ccc(C(F)(F)F)cc3OC)c2N2CCC(N)CC2)c1. The van der Waals surface area contributed by atoms with E-state index in [0.717, 1.165) is 41.8 Å². The number of anilines is 1. The normalized spacial score (nSPS) is 14.7. The fourth-order valence-corrected chi connectivity index (χ4v) is 4.38. The molecular formula is C26H28F3N3O3. The second-order valence-corrected chi connectivity index (χ2v) is 8.42. The van der Waals surface area contributed by atoms with Gasteiger partial charge in [0.2, 0.25) is 0 Å². The highest BCUT2D eigenvalue weighted by molar-refractivity contribution is 5.92. The molecule has 0 spiro atoms. The number of nitrogens with two attached hydrogens (primary N) is 1. The fourth-order valence-electron chi connectivity index (χ4n) is 4.38. The van der Waals surface area contributed by atoms with Crippen molar-refractivity contribution in [3.05, 3.63) is 54.4 Å². The Bertz CT molecular complexity index is 1170. The third-order valence-electron chi connectivity index (χ3n) is 6.25. The van der Waals surface area contributed by atoms with Gasteiger partial charge in [-0.1, -0.05) is 0 Å². The topological polar surface area (TPSA) is 69.8 Å². The van der Waals surface area contributed by atoms with E-state index >= 15 is 0 Å². The Morgan fingerprint density at radius 1 is 0.857 bits per heavy atom. The van der Waals surface area contributed by atoms with Crippen LogP contribution in [0.4, 0.5) is 18.9 Å². The van der Waals surface area contributed by atoms with E-state index in [1.54, 1.807) is 32.7 Å². The van der Waals surface area contributed by atoms with Crippen LogP contribution in [-0.2, 0) is 6.18 Å². The van der Waals surface area contributed by atoms with Crippen LogP contribution in [0.3, 0.4) is 0 Å². The van der Waals surface area contributed by atoms with E-state index in [0.29, 0.717) is 35.7 Å². The standard InChI is InChI=1S/C26H28F3N3O3/c1-33-19-10-16(11-20(13-19)34-2)22-14-31-15-23(25(22)32-8-6-18(30)7-9-32)21-5-4-17(26(27,28)29)12-24(21)35-3/h4-5,10-15,18H,6-9,30H2,1-3H3. The van der Waals surface area contributed by atoms with Crippen molar-refractivity contribution in [1.82, 2.24) is 4.98 Å². The first-order valence-corrected chi connectivity index (χ1v) is 11.2. The maximum absolute atomic E-state index is 13.4. The zero-order valence-electron chi connectivity index (χ0n) is 19.9. The number of hydrogen-bond donors (Lipinski definition) is 1. The maximum atomic E-state index is 13.4. The van der Waals surface area contributed by atoms with Gasteiger partial charge < -0.3 is 24.8 Å². The van der Waals surface area contributed by atoms with E-state index in [4.69, 9.17) is 19.9 Å². The second-order valence-electron chi connectivity index (χ2n) is 8.42. The van der Waals surface area contributed by atoms with Gasteiger partial charge in [-0.3, -0.25) is 4.98 Å². The molecule has 2 heterocycles. The van der Waals surface area contributed by atoms with E-state index < -0.39 is 11.7 Å². The molecule has 1 saturated heterocycles. The predicted octanol–water partition coefficient (Wildman–Crippen LogP) is 5.39. The molecule has 1 aliphatic heterocycles. The van der Waals surface area contributed by atoms with Crippen LogP contribution in [0.25, 0.3) is 22.3 Å². The minimum absolute atomic E-state index is 0.109. The molecule has 2 N–H and O–H groups in total. The molecule has 186 valence electrons. The molecule has 35 heavy (non-hydrogen) atoms. The number of aromatic nitrogens is 1. The number of piperidine rings is 1. The summed E-state index contributed by atoms with van der Waals surface area (Å²) >= 11 is 0. The summed E-state index contributed by atoms with van der Waals surface area (Å²) in [6, 6.07) is 9.17. The highest BCUT2D eigenvalue weighted by Crippen LogP contribution is 2.45. The zero-order chi connectivity index (χ0) is 25.2. The number of ether oxygens (including phenoxy) is 3. The summed E-state index contributed by atoms with van der Waals surface area (Å²) in [4.78, 5) is 6.66. The molecule has 3 aromatic rings. The molecule has 0 amide bonds. The summed E-state index contributed by atoms with van der Waals surface area (Å²) < 4.78 is 56.4. The summed E-state index contributed by atoms with van der Waals surface area (Å²) in [5, 5.41) is 0. The van der Waals surface area contributed by atoms with Gasteiger partial charge in [-0.2, -0.15) is 13.2 Å². The van der Waals surface area contributed by atoms with Gasteiger partial charge in [-0.25, -0.2) is 0 Å². The second kappa shape index (κ2) is 10.0. The highest BCUT2D eigenvalue weighted by Gasteiger charge is 2.32. The number of benzene rings is 2. The molecule has 1 fully saturated rings. The van der Waals surface area contributed by atoms with Gasteiger partial charge in [-0.05, 0) is 48.7 Å². The fraction of sp³-hybridized carbons (Fsp3) is 0.346. The van der Waals surface area contributed by atoms with Gasteiger partial charge in [0.15, 0.2) is 0 Å². The summed E-state index contributed by atoms with van der Waals surface area (Å²) in [6.45, 7) is 1.41. The van der Waals surface area contributed by atoms with Gasteiger partial charge in [0.05, 0.1) is 32.6 Å². The van der Waals surface area contributed by atoms with Crippen LogP contribution in [0, 0.1) is 0 Å². The Hall–Kier alpha value is -3.46. The number of rotatable bonds is 6. The van der Waals surface area contributed by atoms with E-state index in [-0.39, 0.29) is 11.8 Å². The van der Waals surface area contributed by atoms with Gasteiger partial charge in [0.25, 0.3) is 0 Å². The van der Waals surface area contributed by atoms with Crippen LogP contribution in [0.1, 0.15) is 18.4 Å². The molecule has 0 bridgehead atoms. The smallest absolute Gasteiger partial charge is 0.416 e. The van der Waals surface area contributed by atoms with Crippen molar-refractivity contribution in [2.24, 2.45) is 5.73 Å². The first kappa shape index (κ1) is 24.7. The Morgan fingerprint density at radius 2 is 1.49 bits per heavy atom. The van der Waals surface area contributed by atoms with Gasteiger partial charge in [-0.15, -0.1) is 0 Å². The van der Waals surface area contributed by atoms with Crippen molar-refractivity contribution in [3.63, 3.8) is 0 Å². The summed E-state index contributed by atoms with van der Waals surface area (Å²) in [5.74, 6) is 1.35. The number of alkyl halides is 3. The predicted molar refractivity (Wildman–Crippen MR) is 129 cm³/mol. The van der Waals surface area contributed by atoms with Crippen molar-refractivity contribution in [2.45, 2.75) is 25.1 Å². The highest BCUT2D eigenvalue weighted by atomic mass is 19.4. The van der Waals surface area contributed by atoms with Crippen LogP contribution in [0.15, 0.2) is 48.8 Å². The molecule has 0 radical (unpaired) electrons. The van der Waals surface area contributed by atoms with Gasteiger partial charge >= 0.3 is 6.18 Å². The summed E-state index contributed by atoms with van der Waals surface area (Å²) in [7, 11) is 4.52. The first-order valence-electron chi connectivity index (χ1n) is 11.2. The van der Waals surface area contributed by atoms with Crippen LogP contribution in [-0.4, -0.2) is 45.4 Å².